The van der Waals surface area contributed by atoms with E-state index in [1.54, 1.807) is 41.5 Å². The summed E-state index contributed by atoms with van der Waals surface area (Å²) in [6.45, 7) is 10.6. The largest absolute Gasteiger partial charge is 0.444 e. The van der Waals surface area contributed by atoms with E-state index >= 15 is 0 Å². The number of ether oxygens (including phenoxy) is 3. The number of aromatic nitrogens is 2. The van der Waals surface area contributed by atoms with Crippen LogP contribution in [-0.4, -0.2) is 56.9 Å². The molecule has 0 unspecified atom stereocenters. The first-order valence-corrected chi connectivity index (χ1v) is 12.0. The van der Waals surface area contributed by atoms with Crippen LogP contribution in [0, 0.1) is 29.1 Å². The Morgan fingerprint density at radius 2 is 1.37 bits per heavy atom. The van der Waals surface area contributed by atoms with Gasteiger partial charge in [0.1, 0.15) is 29.6 Å². The molecular weight excluding hydrogens is 563 g/mol. The zero-order valence-electron chi connectivity index (χ0n) is 23.2. The molecule has 1 aromatic carbocycles. The van der Waals surface area contributed by atoms with Gasteiger partial charge >= 0.3 is 18.2 Å². The summed E-state index contributed by atoms with van der Waals surface area (Å²) >= 11 is 0. The van der Waals surface area contributed by atoms with Crippen molar-refractivity contribution >= 4 is 24.1 Å². The molecule has 0 radical (unpaired) electrons. The average molecular weight is 593 g/mol. The molecule has 0 aliphatic heterocycles. The van der Waals surface area contributed by atoms with Crippen molar-refractivity contribution in [3.05, 3.63) is 47.3 Å². The number of imidazole rings is 1. The van der Waals surface area contributed by atoms with Gasteiger partial charge in [-0.3, -0.25) is 4.79 Å². The minimum atomic E-state index is -2.45. The van der Waals surface area contributed by atoms with Gasteiger partial charge in [-0.2, -0.15) is 8.78 Å². The predicted molar refractivity (Wildman–Crippen MR) is 130 cm³/mol. The number of esters is 1. The van der Waals surface area contributed by atoms with Crippen LogP contribution < -0.4 is 15.4 Å². The van der Waals surface area contributed by atoms with Gasteiger partial charge in [0.05, 0.1) is 5.69 Å². The first kappa shape index (κ1) is 33.0. The fourth-order valence-corrected chi connectivity index (χ4v) is 2.99. The van der Waals surface area contributed by atoms with Gasteiger partial charge in [0.15, 0.2) is 0 Å². The Bertz CT molecular complexity index is 1310. The first-order chi connectivity index (χ1) is 18.7. The molecule has 2 amide bonds. The number of hydrogen-bond acceptors (Lipinski definition) is 8. The maximum Gasteiger partial charge on any atom is 0.419 e. The molecular formula is C25H29F5N4O7. The average Bonchev–Trinajstić information content (AvgIpc) is 3.30. The molecule has 0 aliphatic rings. The third-order valence-corrected chi connectivity index (χ3v) is 4.75. The Morgan fingerprint density at radius 1 is 0.854 bits per heavy atom. The molecule has 1 heterocycles. The molecule has 0 aliphatic carbocycles. The Kier molecular flexibility index (Phi) is 10.1. The van der Waals surface area contributed by atoms with Gasteiger partial charge in [-0.15, -0.1) is 0 Å². The van der Waals surface area contributed by atoms with Crippen LogP contribution in [0.25, 0.3) is 0 Å². The molecule has 16 heteroatoms. The molecule has 2 aromatic rings. The number of carbonyl (C=O) groups is 4. The van der Waals surface area contributed by atoms with Crippen molar-refractivity contribution in [3.63, 3.8) is 0 Å². The van der Waals surface area contributed by atoms with Crippen molar-refractivity contribution in [1.82, 2.24) is 20.2 Å². The van der Waals surface area contributed by atoms with E-state index in [0.29, 0.717) is 0 Å². The SMILES string of the molecule is C[C@H](NC(=O)[C@H](Cc1cn(C(=O)OC(C)(C)C)cn1)NC(=O)OC(C)(C)C)C(=O)Oc1c(F)c(F)c(F)c(F)c1F. The Morgan fingerprint density at radius 3 is 1.88 bits per heavy atom. The van der Waals surface area contributed by atoms with Crippen LogP contribution in [-0.2, 0) is 25.5 Å². The molecule has 41 heavy (non-hydrogen) atoms. The number of nitrogens with zero attached hydrogens (tertiary/aromatic N) is 2. The number of amides is 2. The van der Waals surface area contributed by atoms with Gasteiger partial charge in [0.2, 0.25) is 40.7 Å². The standard InChI is InChI=1S/C25H29F5N4O7/c1-11(21(36)39-19-17(29)15(27)14(26)16(28)18(19)30)32-20(35)13(33-22(37)40-24(2,3)4)8-12-9-34(10-31-12)23(38)41-25(5,6)7/h9-11,13H,8H2,1-7H3,(H,32,35)(H,33,37)/t11-,13-/m0/s1. The van der Waals surface area contributed by atoms with Gasteiger partial charge < -0.3 is 24.8 Å². The summed E-state index contributed by atoms with van der Waals surface area (Å²) in [5.41, 5.74) is -1.66. The second-order valence-electron chi connectivity index (χ2n) is 10.7. The highest BCUT2D eigenvalue weighted by atomic mass is 19.2. The fourth-order valence-electron chi connectivity index (χ4n) is 2.99. The van der Waals surface area contributed by atoms with E-state index in [-0.39, 0.29) is 12.1 Å². The van der Waals surface area contributed by atoms with Crippen molar-refractivity contribution in [2.45, 2.75) is 78.2 Å². The highest BCUT2D eigenvalue weighted by molar-refractivity contribution is 5.90. The third kappa shape index (κ3) is 9.14. The molecule has 1 aromatic heterocycles. The molecule has 2 N–H and O–H groups in total. The zero-order valence-corrected chi connectivity index (χ0v) is 23.2. The third-order valence-electron chi connectivity index (χ3n) is 4.75. The van der Waals surface area contributed by atoms with E-state index in [1.165, 1.54) is 6.20 Å². The summed E-state index contributed by atoms with van der Waals surface area (Å²) in [6.07, 6.45) is 0.171. The summed E-state index contributed by atoms with van der Waals surface area (Å²) in [7, 11) is 0. The van der Waals surface area contributed by atoms with Crippen molar-refractivity contribution in [2.24, 2.45) is 0 Å². The number of halogens is 5. The molecule has 2 rings (SSSR count). The molecule has 2 atom stereocenters. The van der Waals surface area contributed by atoms with Crippen LogP contribution in [0.1, 0.15) is 54.2 Å². The number of hydrogen-bond donors (Lipinski definition) is 2. The summed E-state index contributed by atoms with van der Waals surface area (Å²) < 4.78 is 83.6. The second-order valence-corrected chi connectivity index (χ2v) is 10.7. The molecule has 0 saturated heterocycles. The van der Waals surface area contributed by atoms with E-state index in [4.69, 9.17) is 9.47 Å². The van der Waals surface area contributed by atoms with E-state index in [1.807, 2.05) is 0 Å². The number of alkyl carbamates (subject to hydrolysis) is 1. The van der Waals surface area contributed by atoms with E-state index in [0.717, 1.165) is 17.8 Å². The van der Waals surface area contributed by atoms with Gasteiger partial charge in [-0.1, -0.05) is 0 Å². The van der Waals surface area contributed by atoms with Crippen molar-refractivity contribution in [1.29, 1.82) is 0 Å². The predicted octanol–water partition coefficient (Wildman–Crippen LogP) is 3.91. The Balaban J connectivity index is 2.23. The summed E-state index contributed by atoms with van der Waals surface area (Å²) in [5.74, 6) is -16.4. The zero-order chi connectivity index (χ0) is 31.4. The Hall–Kier alpha value is -4.24. The van der Waals surface area contributed by atoms with Crippen LogP contribution in [0.4, 0.5) is 31.5 Å². The molecule has 0 spiro atoms. The van der Waals surface area contributed by atoms with Crippen LogP contribution in [0.2, 0.25) is 0 Å². The monoisotopic (exact) mass is 592 g/mol. The fraction of sp³-hybridized carbons (Fsp3) is 0.480. The quantitative estimate of drug-likeness (QED) is 0.162. The maximum absolute atomic E-state index is 13.9. The van der Waals surface area contributed by atoms with Gasteiger partial charge in [-0.05, 0) is 48.5 Å². The van der Waals surface area contributed by atoms with Gasteiger partial charge in [0.25, 0.3) is 0 Å². The number of rotatable bonds is 7. The summed E-state index contributed by atoms with van der Waals surface area (Å²) in [6, 6.07) is -3.20. The number of carbonyl (C=O) groups excluding carboxylic acids is 4. The van der Waals surface area contributed by atoms with Gasteiger partial charge in [-0.25, -0.2) is 37.1 Å². The van der Waals surface area contributed by atoms with Crippen molar-refractivity contribution in [2.75, 3.05) is 0 Å². The van der Waals surface area contributed by atoms with Crippen LogP contribution in [0.3, 0.4) is 0 Å². The number of benzene rings is 1. The van der Waals surface area contributed by atoms with Gasteiger partial charge in [0, 0.05) is 12.6 Å². The van der Waals surface area contributed by atoms with E-state index < -0.39 is 82.2 Å². The Labute approximate surface area is 231 Å². The first-order valence-electron chi connectivity index (χ1n) is 12.0. The summed E-state index contributed by atoms with van der Waals surface area (Å²) in [5, 5.41) is 4.39. The second kappa shape index (κ2) is 12.5. The van der Waals surface area contributed by atoms with Crippen LogP contribution in [0.5, 0.6) is 5.75 Å². The summed E-state index contributed by atoms with van der Waals surface area (Å²) in [4.78, 5) is 54.0. The molecule has 0 saturated carbocycles. The number of nitrogens with one attached hydrogen (secondary N) is 2. The lowest BCUT2D eigenvalue weighted by atomic mass is 10.1. The minimum absolute atomic E-state index is 0.115. The van der Waals surface area contributed by atoms with Crippen LogP contribution >= 0.6 is 0 Å². The van der Waals surface area contributed by atoms with Crippen LogP contribution in [0.15, 0.2) is 12.5 Å². The smallest absolute Gasteiger partial charge is 0.419 e. The van der Waals surface area contributed by atoms with Crippen molar-refractivity contribution in [3.8, 4) is 5.75 Å². The lowest BCUT2D eigenvalue weighted by Gasteiger charge is -2.24. The molecule has 11 nitrogen and oxygen atoms in total. The van der Waals surface area contributed by atoms with E-state index in [9.17, 15) is 41.1 Å². The maximum atomic E-state index is 13.9. The highest BCUT2D eigenvalue weighted by Crippen LogP contribution is 2.29. The lowest BCUT2D eigenvalue weighted by Crippen LogP contribution is -2.53. The lowest BCUT2D eigenvalue weighted by molar-refractivity contribution is -0.139. The topological polar surface area (TPSA) is 138 Å². The minimum Gasteiger partial charge on any atom is -0.444 e. The van der Waals surface area contributed by atoms with E-state index in [2.05, 4.69) is 20.4 Å². The molecule has 0 fully saturated rings. The molecule has 0 bridgehead atoms. The molecule has 226 valence electrons. The normalized spacial score (nSPS) is 13.2. The highest BCUT2D eigenvalue weighted by Gasteiger charge is 2.32. The van der Waals surface area contributed by atoms with Crippen molar-refractivity contribution < 1.29 is 55.3 Å².